The van der Waals surface area contributed by atoms with Gasteiger partial charge in [0.25, 0.3) is 0 Å². The molecule has 4 nitrogen and oxygen atoms in total. The number of rotatable bonds is 5. The number of fused-ring (bicyclic) bond motifs is 1. The van der Waals surface area contributed by atoms with Gasteiger partial charge in [-0.25, -0.2) is 0 Å². The highest BCUT2D eigenvalue weighted by Crippen LogP contribution is 2.44. The summed E-state index contributed by atoms with van der Waals surface area (Å²) < 4.78 is 86.9. The maximum Gasteiger partial charge on any atom is 0.420 e. The lowest BCUT2D eigenvalue weighted by Crippen LogP contribution is -2.35. The van der Waals surface area contributed by atoms with Crippen LogP contribution in [0.15, 0.2) is 30.3 Å². The minimum Gasteiger partial charge on any atom is -0.490 e. The van der Waals surface area contributed by atoms with Crippen molar-refractivity contribution in [2.45, 2.75) is 63.5 Å². The van der Waals surface area contributed by atoms with E-state index in [1.807, 2.05) is 4.90 Å². The summed E-state index contributed by atoms with van der Waals surface area (Å²) in [6.07, 6.45) is -8.96. The highest BCUT2D eigenvalue weighted by atomic mass is 19.4. The van der Waals surface area contributed by atoms with Gasteiger partial charge in [0.05, 0.1) is 17.9 Å². The molecule has 0 radical (unpaired) electrons. The number of benzene rings is 2. The Balaban J connectivity index is 1.55. The fourth-order valence-corrected chi connectivity index (χ4v) is 5.12. The molecule has 1 aliphatic carbocycles. The van der Waals surface area contributed by atoms with Gasteiger partial charge in [0.15, 0.2) is 0 Å². The van der Waals surface area contributed by atoms with Crippen molar-refractivity contribution >= 4 is 16.7 Å². The van der Waals surface area contributed by atoms with Crippen molar-refractivity contribution in [3.63, 3.8) is 0 Å². The van der Waals surface area contributed by atoms with Crippen molar-refractivity contribution in [2.24, 2.45) is 11.8 Å². The summed E-state index contributed by atoms with van der Waals surface area (Å²) in [5, 5.41) is 9.52. The van der Waals surface area contributed by atoms with Gasteiger partial charge in [0.1, 0.15) is 11.3 Å². The summed E-state index contributed by atoms with van der Waals surface area (Å²) >= 11 is 0. The maximum absolute atomic E-state index is 14.2. The van der Waals surface area contributed by atoms with E-state index in [1.54, 1.807) is 12.1 Å². The average molecular weight is 503 g/mol. The van der Waals surface area contributed by atoms with Crippen LogP contribution in [0, 0.1) is 11.8 Å². The quantitative estimate of drug-likeness (QED) is 0.464. The second-order valence-electron chi connectivity index (χ2n) is 9.51. The van der Waals surface area contributed by atoms with Crippen LogP contribution in [0.25, 0.3) is 10.8 Å². The van der Waals surface area contributed by atoms with Crippen LogP contribution in [0.1, 0.15) is 49.7 Å². The van der Waals surface area contributed by atoms with Crippen LogP contribution in [0.3, 0.4) is 0 Å². The largest absolute Gasteiger partial charge is 0.490 e. The molecule has 2 aromatic carbocycles. The minimum atomic E-state index is -4.71. The van der Waals surface area contributed by atoms with Gasteiger partial charge in [0, 0.05) is 6.54 Å². The number of aliphatic carboxylic acids is 1. The van der Waals surface area contributed by atoms with Gasteiger partial charge in [0.2, 0.25) is 0 Å². The van der Waals surface area contributed by atoms with Crippen LogP contribution in [-0.4, -0.2) is 41.3 Å². The van der Waals surface area contributed by atoms with E-state index >= 15 is 0 Å². The van der Waals surface area contributed by atoms with Gasteiger partial charge in [-0.3, -0.25) is 9.69 Å². The van der Waals surface area contributed by atoms with Crippen molar-refractivity contribution in [3.8, 4) is 5.75 Å². The van der Waals surface area contributed by atoms with E-state index in [1.165, 1.54) is 18.2 Å². The Labute approximate surface area is 198 Å². The highest BCUT2D eigenvalue weighted by Gasteiger charge is 2.42. The van der Waals surface area contributed by atoms with Crippen LogP contribution < -0.4 is 4.74 Å². The fourth-order valence-electron chi connectivity index (χ4n) is 5.12. The first-order valence-electron chi connectivity index (χ1n) is 11.7. The zero-order valence-electron chi connectivity index (χ0n) is 19.0. The van der Waals surface area contributed by atoms with Crippen LogP contribution >= 0.6 is 0 Å². The molecule has 4 rings (SSSR count). The minimum absolute atomic E-state index is 0.0168. The van der Waals surface area contributed by atoms with Crippen molar-refractivity contribution in [1.82, 2.24) is 4.90 Å². The topological polar surface area (TPSA) is 49.8 Å². The number of carbonyl (C=O) groups is 1. The number of hydrogen-bond acceptors (Lipinski definition) is 3. The first-order valence-corrected chi connectivity index (χ1v) is 11.7. The molecule has 1 saturated heterocycles. The zero-order chi connectivity index (χ0) is 25.4. The Morgan fingerprint density at radius 3 is 2.14 bits per heavy atom. The predicted molar refractivity (Wildman–Crippen MR) is 117 cm³/mol. The third-order valence-electron chi connectivity index (χ3n) is 7.10. The van der Waals surface area contributed by atoms with E-state index in [2.05, 4.69) is 0 Å². The number of alkyl halides is 6. The summed E-state index contributed by atoms with van der Waals surface area (Å²) in [7, 11) is 0. The Morgan fingerprint density at radius 1 is 0.943 bits per heavy atom. The Bertz CT molecular complexity index is 1050. The maximum atomic E-state index is 14.2. The zero-order valence-corrected chi connectivity index (χ0v) is 19.0. The summed E-state index contributed by atoms with van der Waals surface area (Å²) in [6.45, 7) is 1.49. The molecule has 1 N–H and O–H groups in total. The molecule has 1 heterocycles. The monoisotopic (exact) mass is 503 g/mol. The molecule has 2 aromatic rings. The third kappa shape index (κ3) is 6.02. The summed E-state index contributed by atoms with van der Waals surface area (Å²) in [4.78, 5) is 13.2. The molecule has 10 heteroatoms. The molecule has 2 fully saturated rings. The average Bonchev–Trinajstić information content (AvgIpc) is 2.78. The fraction of sp³-hybridized carbons (Fsp3) is 0.560. The van der Waals surface area contributed by atoms with Crippen LogP contribution in [0.4, 0.5) is 26.3 Å². The normalized spacial score (nSPS) is 22.9. The van der Waals surface area contributed by atoms with E-state index in [0.29, 0.717) is 43.4 Å². The van der Waals surface area contributed by atoms with E-state index in [4.69, 9.17) is 9.84 Å². The van der Waals surface area contributed by atoms with Gasteiger partial charge in [-0.1, -0.05) is 18.2 Å². The smallest absolute Gasteiger partial charge is 0.420 e. The molecule has 1 aliphatic heterocycles. The number of likely N-dealkylation sites (tertiary alicyclic amines) is 1. The van der Waals surface area contributed by atoms with Gasteiger partial charge in [-0.05, 0) is 80.1 Å². The molecule has 192 valence electrons. The van der Waals surface area contributed by atoms with Crippen molar-refractivity contribution in [1.29, 1.82) is 0 Å². The molecule has 0 atom stereocenters. The van der Waals surface area contributed by atoms with Gasteiger partial charge >= 0.3 is 18.3 Å². The lowest BCUT2D eigenvalue weighted by Gasteiger charge is -2.31. The van der Waals surface area contributed by atoms with Crippen molar-refractivity contribution < 1.29 is 41.0 Å². The van der Waals surface area contributed by atoms with Crippen molar-refractivity contribution in [3.05, 3.63) is 41.5 Å². The lowest BCUT2D eigenvalue weighted by atomic mass is 9.87. The molecule has 0 amide bonds. The molecule has 0 aromatic heterocycles. The molecule has 0 bridgehead atoms. The Hall–Kier alpha value is -2.49. The number of ether oxygens (including phenoxy) is 1. The van der Waals surface area contributed by atoms with E-state index in [-0.39, 0.29) is 36.8 Å². The molecule has 35 heavy (non-hydrogen) atoms. The van der Waals surface area contributed by atoms with Gasteiger partial charge < -0.3 is 9.84 Å². The summed E-state index contributed by atoms with van der Waals surface area (Å²) in [6, 6.07) is 7.63. The van der Waals surface area contributed by atoms with Gasteiger partial charge in [-0.2, -0.15) is 26.3 Å². The lowest BCUT2D eigenvalue weighted by molar-refractivity contribution is -0.185. The number of carboxylic acids is 1. The molecule has 0 unspecified atom stereocenters. The van der Waals surface area contributed by atoms with E-state index < -0.39 is 41.8 Å². The summed E-state index contributed by atoms with van der Waals surface area (Å²) in [5.74, 6) is -3.03. The predicted octanol–water partition coefficient (Wildman–Crippen LogP) is 6.66. The van der Waals surface area contributed by atoms with E-state index in [0.717, 1.165) is 0 Å². The first kappa shape index (κ1) is 25.6. The van der Waals surface area contributed by atoms with E-state index in [9.17, 15) is 31.1 Å². The first-order chi connectivity index (χ1) is 16.4. The van der Waals surface area contributed by atoms with Crippen molar-refractivity contribution in [2.75, 3.05) is 13.1 Å². The SMILES string of the molecule is O=C(O)C1CCN(Cc2ccc3ccc(O[C@H]4CC[C@@H](C(F)(F)F)CC4)c(C(F)(F)F)c3c2)CC1. The second kappa shape index (κ2) is 9.87. The number of nitrogens with zero attached hydrogens (tertiary/aromatic N) is 1. The Kier molecular flexibility index (Phi) is 7.22. The number of carboxylic acid groups (broad SMARTS) is 1. The highest BCUT2D eigenvalue weighted by molar-refractivity contribution is 5.89. The third-order valence-corrected chi connectivity index (χ3v) is 7.10. The number of hydrogen-bond donors (Lipinski definition) is 1. The molecular weight excluding hydrogens is 476 g/mol. The van der Waals surface area contributed by atoms with Crippen LogP contribution in [0.2, 0.25) is 0 Å². The second-order valence-corrected chi connectivity index (χ2v) is 9.51. The molecule has 2 aliphatic rings. The standard InChI is InChI=1S/C25H27F6NO3/c26-24(27,28)18-4-6-19(7-5-18)35-21-8-3-16-2-1-15(13-20(16)22(21)25(29,30)31)14-32-11-9-17(10-12-32)23(33)34/h1-3,8,13,17-19H,4-7,9-12,14H2,(H,33,34)/t18-,19+. The number of piperidine rings is 1. The van der Waals surface area contributed by atoms with Crippen LogP contribution in [-0.2, 0) is 17.5 Å². The number of halogens is 6. The van der Waals surface area contributed by atoms with Gasteiger partial charge in [-0.15, -0.1) is 0 Å². The van der Waals surface area contributed by atoms with Crippen LogP contribution in [0.5, 0.6) is 5.75 Å². The molecular formula is C25H27F6NO3. The molecule has 0 spiro atoms. The summed E-state index contributed by atoms with van der Waals surface area (Å²) in [5.41, 5.74) is -0.251. The Morgan fingerprint density at radius 2 is 1.57 bits per heavy atom. The molecule has 1 saturated carbocycles.